The van der Waals surface area contributed by atoms with E-state index in [1.165, 1.54) is 15.8 Å². The van der Waals surface area contributed by atoms with Gasteiger partial charge in [-0.25, -0.2) is 4.98 Å². The summed E-state index contributed by atoms with van der Waals surface area (Å²) in [5, 5.41) is 6.72. The van der Waals surface area contributed by atoms with E-state index in [1.807, 2.05) is 29.2 Å². The van der Waals surface area contributed by atoms with E-state index in [0.717, 1.165) is 18.4 Å². The van der Waals surface area contributed by atoms with Gasteiger partial charge in [-0.3, -0.25) is 14.3 Å². The van der Waals surface area contributed by atoms with Crippen molar-refractivity contribution in [3.05, 3.63) is 89.9 Å². The Balaban J connectivity index is 1.32. The van der Waals surface area contributed by atoms with Crippen LogP contribution in [0.3, 0.4) is 0 Å². The molecule has 0 spiro atoms. The minimum absolute atomic E-state index is 0.0127. The molecule has 2 aromatic heterocycles. The van der Waals surface area contributed by atoms with Gasteiger partial charge in [-0.2, -0.15) is 5.10 Å². The van der Waals surface area contributed by atoms with E-state index in [2.05, 4.69) is 33.6 Å². The molecule has 2 amide bonds. The number of rotatable bonds is 5. The molecule has 0 saturated heterocycles. The highest BCUT2D eigenvalue weighted by Gasteiger charge is 2.15. The van der Waals surface area contributed by atoms with Crippen molar-refractivity contribution in [3.63, 3.8) is 0 Å². The maximum absolute atomic E-state index is 12.7. The highest BCUT2D eigenvalue weighted by Crippen LogP contribution is 2.22. The number of nitrogens with one attached hydrogen (secondary N) is 1. The van der Waals surface area contributed by atoms with E-state index in [4.69, 9.17) is 0 Å². The molecule has 1 aliphatic rings. The molecule has 3 aromatic rings. The zero-order valence-corrected chi connectivity index (χ0v) is 17.9. The summed E-state index contributed by atoms with van der Waals surface area (Å²) in [6.07, 6.45) is 10.4. The summed E-state index contributed by atoms with van der Waals surface area (Å²) in [7, 11) is 1.70. The number of pyridine rings is 1. The SMILES string of the molecule is Cn1nccc1C(=O)Nc1ccc(C=CC(=O)N2CCC=C(c3ccccc3)CC2)cn1. The highest BCUT2D eigenvalue weighted by molar-refractivity contribution is 6.02. The predicted octanol–water partition coefficient (Wildman–Crippen LogP) is 3.79. The second-order valence-corrected chi connectivity index (χ2v) is 7.56. The lowest BCUT2D eigenvalue weighted by atomic mass is 10.0. The molecule has 7 heteroatoms. The average molecular weight is 428 g/mol. The summed E-state index contributed by atoms with van der Waals surface area (Å²) in [6, 6.07) is 15.5. The maximum atomic E-state index is 12.7. The Labute approximate surface area is 187 Å². The monoisotopic (exact) mass is 427 g/mol. The number of hydrogen-bond donors (Lipinski definition) is 1. The third kappa shape index (κ3) is 5.18. The first kappa shape index (κ1) is 21.2. The number of anilines is 1. The molecular formula is C25H25N5O2. The lowest BCUT2D eigenvalue weighted by Crippen LogP contribution is -2.30. The van der Waals surface area contributed by atoms with Crippen LogP contribution >= 0.6 is 0 Å². The fourth-order valence-corrected chi connectivity index (χ4v) is 3.63. The zero-order chi connectivity index (χ0) is 22.3. The number of benzene rings is 1. The van der Waals surface area contributed by atoms with E-state index < -0.39 is 0 Å². The molecule has 0 unspecified atom stereocenters. The second kappa shape index (κ2) is 9.87. The average Bonchev–Trinajstić information content (AvgIpc) is 3.10. The largest absolute Gasteiger partial charge is 0.339 e. The molecule has 4 rings (SSSR count). The van der Waals surface area contributed by atoms with E-state index in [1.54, 1.807) is 43.7 Å². The third-order valence-corrected chi connectivity index (χ3v) is 5.40. The summed E-state index contributed by atoms with van der Waals surface area (Å²) in [4.78, 5) is 31.0. The van der Waals surface area contributed by atoms with Gasteiger partial charge in [0.25, 0.3) is 5.91 Å². The van der Waals surface area contributed by atoms with Crippen molar-refractivity contribution in [2.24, 2.45) is 7.05 Å². The van der Waals surface area contributed by atoms with Gasteiger partial charge in [-0.15, -0.1) is 0 Å². The Morgan fingerprint density at radius 1 is 1.06 bits per heavy atom. The van der Waals surface area contributed by atoms with Crippen LogP contribution in [0.1, 0.15) is 34.5 Å². The Morgan fingerprint density at radius 3 is 2.62 bits per heavy atom. The van der Waals surface area contributed by atoms with Crippen molar-refractivity contribution in [2.45, 2.75) is 12.8 Å². The van der Waals surface area contributed by atoms with E-state index in [-0.39, 0.29) is 11.8 Å². The smallest absolute Gasteiger partial charge is 0.275 e. The predicted molar refractivity (Wildman–Crippen MR) is 125 cm³/mol. The summed E-state index contributed by atoms with van der Waals surface area (Å²) >= 11 is 0. The number of hydrogen-bond acceptors (Lipinski definition) is 4. The van der Waals surface area contributed by atoms with E-state index in [0.29, 0.717) is 24.6 Å². The Morgan fingerprint density at radius 2 is 1.91 bits per heavy atom. The van der Waals surface area contributed by atoms with Crippen LogP contribution < -0.4 is 5.32 Å². The summed E-state index contributed by atoms with van der Waals surface area (Å²) in [5.41, 5.74) is 3.75. The summed E-state index contributed by atoms with van der Waals surface area (Å²) < 4.78 is 1.50. The fourth-order valence-electron chi connectivity index (χ4n) is 3.63. The first-order valence-corrected chi connectivity index (χ1v) is 10.6. The number of carbonyl (C=O) groups excluding carboxylic acids is 2. The maximum Gasteiger partial charge on any atom is 0.275 e. The van der Waals surface area contributed by atoms with Crippen molar-refractivity contribution >= 4 is 29.3 Å². The van der Waals surface area contributed by atoms with Gasteiger partial charge in [0.15, 0.2) is 0 Å². The van der Waals surface area contributed by atoms with Crippen LogP contribution in [0.5, 0.6) is 0 Å². The van der Waals surface area contributed by atoms with Crippen molar-refractivity contribution in [3.8, 4) is 0 Å². The molecule has 1 aliphatic heterocycles. The van der Waals surface area contributed by atoms with Crippen molar-refractivity contribution in [2.75, 3.05) is 18.4 Å². The fraction of sp³-hybridized carbons (Fsp3) is 0.200. The zero-order valence-electron chi connectivity index (χ0n) is 17.9. The molecule has 0 radical (unpaired) electrons. The van der Waals surface area contributed by atoms with Gasteiger partial charge in [0.2, 0.25) is 5.91 Å². The molecular weight excluding hydrogens is 402 g/mol. The van der Waals surface area contributed by atoms with Crippen LogP contribution in [0.25, 0.3) is 11.6 Å². The van der Waals surface area contributed by atoms with Gasteiger partial charge < -0.3 is 10.2 Å². The highest BCUT2D eigenvalue weighted by atomic mass is 16.2. The molecule has 1 aromatic carbocycles. The van der Waals surface area contributed by atoms with Crippen LogP contribution in [0.2, 0.25) is 0 Å². The van der Waals surface area contributed by atoms with Crippen molar-refractivity contribution in [1.82, 2.24) is 19.7 Å². The summed E-state index contributed by atoms with van der Waals surface area (Å²) in [5.74, 6) is 0.147. The molecule has 7 nitrogen and oxygen atoms in total. The van der Waals surface area contributed by atoms with Crippen LogP contribution in [0, 0.1) is 0 Å². The Bertz CT molecular complexity index is 1150. The molecule has 0 bridgehead atoms. The summed E-state index contributed by atoms with van der Waals surface area (Å²) in [6.45, 7) is 1.40. The van der Waals surface area contributed by atoms with Crippen LogP contribution in [0.4, 0.5) is 5.82 Å². The molecule has 32 heavy (non-hydrogen) atoms. The van der Waals surface area contributed by atoms with Gasteiger partial charge in [0.1, 0.15) is 11.5 Å². The normalized spacial score (nSPS) is 14.2. The van der Waals surface area contributed by atoms with E-state index >= 15 is 0 Å². The van der Waals surface area contributed by atoms with Crippen molar-refractivity contribution < 1.29 is 9.59 Å². The van der Waals surface area contributed by atoms with Gasteiger partial charge >= 0.3 is 0 Å². The first-order chi connectivity index (χ1) is 15.6. The molecule has 0 fully saturated rings. The minimum atomic E-state index is -0.277. The number of aromatic nitrogens is 3. The Hall–Kier alpha value is -4.00. The van der Waals surface area contributed by atoms with Gasteiger partial charge in [-0.05, 0) is 53.8 Å². The lowest BCUT2D eigenvalue weighted by molar-refractivity contribution is -0.125. The van der Waals surface area contributed by atoms with Gasteiger partial charge in [0, 0.05) is 38.6 Å². The van der Waals surface area contributed by atoms with Crippen LogP contribution in [-0.4, -0.2) is 44.6 Å². The topological polar surface area (TPSA) is 80.1 Å². The van der Waals surface area contributed by atoms with Gasteiger partial charge in [-0.1, -0.05) is 36.4 Å². The molecule has 0 atom stereocenters. The van der Waals surface area contributed by atoms with Gasteiger partial charge in [0.05, 0.1) is 0 Å². The number of carbonyl (C=O) groups is 2. The molecule has 162 valence electrons. The Kier molecular flexibility index (Phi) is 6.55. The molecule has 1 N–H and O–H groups in total. The standard InChI is InChI=1S/C25H25N5O2/c1-29-22(13-15-27-29)25(32)28-23-11-9-19(18-26-23)10-12-24(31)30-16-5-8-21(14-17-30)20-6-3-2-4-7-20/h2-4,6-13,15,18H,5,14,16-17H2,1H3,(H,26,28,32). The molecule has 3 heterocycles. The second-order valence-electron chi connectivity index (χ2n) is 7.56. The first-order valence-electron chi connectivity index (χ1n) is 10.6. The molecule has 0 aliphatic carbocycles. The van der Waals surface area contributed by atoms with Crippen LogP contribution in [0.15, 0.2) is 73.1 Å². The number of amides is 2. The number of aryl methyl sites for hydroxylation is 1. The van der Waals surface area contributed by atoms with Crippen LogP contribution in [-0.2, 0) is 11.8 Å². The third-order valence-electron chi connectivity index (χ3n) is 5.40. The van der Waals surface area contributed by atoms with E-state index in [9.17, 15) is 9.59 Å². The minimum Gasteiger partial charge on any atom is -0.339 e. The quantitative estimate of drug-likeness (QED) is 0.629. The lowest BCUT2D eigenvalue weighted by Gasteiger charge is -2.18. The number of nitrogens with zero attached hydrogens (tertiary/aromatic N) is 4. The van der Waals surface area contributed by atoms with Crippen molar-refractivity contribution in [1.29, 1.82) is 0 Å². The molecule has 0 saturated carbocycles.